The zero-order valence-electron chi connectivity index (χ0n) is 9.73. The molecule has 0 spiro atoms. The van der Waals surface area contributed by atoms with Crippen LogP contribution in [0.2, 0.25) is 0 Å². The van der Waals surface area contributed by atoms with E-state index in [9.17, 15) is 4.39 Å². The first-order valence-electron chi connectivity index (χ1n) is 5.91. The zero-order chi connectivity index (χ0) is 11.3. The Balaban J connectivity index is 1.96. The molecule has 1 aromatic rings. The van der Waals surface area contributed by atoms with Crippen molar-refractivity contribution in [3.8, 4) is 0 Å². The van der Waals surface area contributed by atoms with E-state index in [4.69, 9.17) is 0 Å². The highest BCUT2D eigenvalue weighted by Crippen LogP contribution is 2.44. The molecule has 0 radical (unpaired) electrons. The van der Waals surface area contributed by atoms with E-state index in [1.807, 2.05) is 6.07 Å². The van der Waals surface area contributed by atoms with Crippen LogP contribution in [-0.4, -0.2) is 12.1 Å². The van der Waals surface area contributed by atoms with Crippen LogP contribution in [0.3, 0.4) is 0 Å². The first-order valence-corrected chi connectivity index (χ1v) is 5.91. The van der Waals surface area contributed by atoms with Crippen molar-refractivity contribution in [1.29, 1.82) is 0 Å². The first kappa shape index (κ1) is 9.94. The third-order valence-corrected chi connectivity index (χ3v) is 3.84. The average Bonchev–Trinajstić information content (AvgIpc) is 3.04. The van der Waals surface area contributed by atoms with Crippen molar-refractivity contribution in [3.05, 3.63) is 23.5 Å². The van der Waals surface area contributed by atoms with Gasteiger partial charge in [-0.2, -0.15) is 0 Å². The van der Waals surface area contributed by atoms with Gasteiger partial charge in [0.25, 0.3) is 0 Å². The molecule has 0 saturated heterocycles. The maximum Gasteiger partial charge on any atom is 0.128 e. The fourth-order valence-electron chi connectivity index (χ4n) is 2.53. The summed E-state index contributed by atoms with van der Waals surface area (Å²) in [6.45, 7) is 4.94. The maximum atomic E-state index is 13.4. The summed E-state index contributed by atoms with van der Waals surface area (Å²) >= 11 is 0. The second-order valence-electron chi connectivity index (χ2n) is 5.32. The van der Waals surface area contributed by atoms with E-state index in [1.165, 1.54) is 12.8 Å². The minimum absolute atomic E-state index is 0.136. The summed E-state index contributed by atoms with van der Waals surface area (Å²) < 4.78 is 13.4. The van der Waals surface area contributed by atoms with E-state index < -0.39 is 0 Å². The van der Waals surface area contributed by atoms with Crippen molar-refractivity contribution in [2.45, 2.75) is 32.2 Å². The summed E-state index contributed by atoms with van der Waals surface area (Å²) in [6, 6.07) is 3.49. The molecular weight excluding hydrogens is 203 g/mol. The number of nitrogens with one attached hydrogen (secondary N) is 2. The fraction of sp³-hybridized carbons (Fsp3) is 0.538. The van der Waals surface area contributed by atoms with Gasteiger partial charge in [0.1, 0.15) is 5.82 Å². The summed E-state index contributed by atoms with van der Waals surface area (Å²) in [5.74, 6) is 0.626. The van der Waals surface area contributed by atoms with E-state index in [2.05, 4.69) is 17.6 Å². The lowest BCUT2D eigenvalue weighted by Crippen LogP contribution is -2.47. The van der Waals surface area contributed by atoms with E-state index in [1.54, 1.807) is 13.0 Å². The molecule has 1 aliphatic heterocycles. The zero-order valence-corrected chi connectivity index (χ0v) is 9.73. The second kappa shape index (κ2) is 3.12. The highest BCUT2D eigenvalue weighted by atomic mass is 19.1. The lowest BCUT2D eigenvalue weighted by atomic mass is 9.92. The topological polar surface area (TPSA) is 24.1 Å². The van der Waals surface area contributed by atoms with Gasteiger partial charge in [-0.25, -0.2) is 4.39 Å². The van der Waals surface area contributed by atoms with Crippen LogP contribution in [0.4, 0.5) is 15.8 Å². The van der Waals surface area contributed by atoms with E-state index in [-0.39, 0.29) is 11.4 Å². The van der Waals surface area contributed by atoms with Gasteiger partial charge in [-0.15, -0.1) is 0 Å². The molecule has 2 aliphatic rings. The molecule has 0 amide bonds. The van der Waals surface area contributed by atoms with Gasteiger partial charge in [0.05, 0.1) is 16.9 Å². The number of benzene rings is 1. The number of halogens is 1. The lowest BCUT2D eigenvalue weighted by molar-refractivity contribution is 0.465. The number of anilines is 2. The van der Waals surface area contributed by atoms with Gasteiger partial charge >= 0.3 is 0 Å². The third-order valence-electron chi connectivity index (χ3n) is 3.84. The van der Waals surface area contributed by atoms with Crippen molar-refractivity contribution in [2.24, 2.45) is 5.92 Å². The Labute approximate surface area is 95.2 Å². The monoisotopic (exact) mass is 220 g/mol. The van der Waals surface area contributed by atoms with Crippen molar-refractivity contribution >= 4 is 11.4 Å². The van der Waals surface area contributed by atoms with Crippen LogP contribution in [0.5, 0.6) is 0 Å². The van der Waals surface area contributed by atoms with Crippen LogP contribution in [0.25, 0.3) is 0 Å². The summed E-state index contributed by atoms with van der Waals surface area (Å²) in [6.07, 6.45) is 2.61. The molecule has 1 atom stereocenters. The van der Waals surface area contributed by atoms with E-state index in [0.717, 1.165) is 23.8 Å². The van der Waals surface area contributed by atoms with Gasteiger partial charge in [0.15, 0.2) is 0 Å². The summed E-state index contributed by atoms with van der Waals surface area (Å²) in [5, 5.41) is 6.91. The van der Waals surface area contributed by atoms with Crippen LogP contribution in [0, 0.1) is 18.7 Å². The van der Waals surface area contributed by atoms with Crippen LogP contribution >= 0.6 is 0 Å². The molecule has 16 heavy (non-hydrogen) atoms. The number of fused-ring (bicyclic) bond motifs is 1. The first-order chi connectivity index (χ1) is 7.58. The molecule has 86 valence electrons. The maximum absolute atomic E-state index is 13.4. The predicted octanol–water partition coefficient (Wildman–Crippen LogP) is 3.14. The number of hydrogen-bond acceptors (Lipinski definition) is 2. The number of rotatable bonds is 1. The van der Waals surface area contributed by atoms with E-state index in [0.29, 0.717) is 5.56 Å². The van der Waals surface area contributed by atoms with Gasteiger partial charge in [-0.05, 0) is 50.3 Å². The van der Waals surface area contributed by atoms with Gasteiger partial charge in [-0.1, -0.05) is 0 Å². The molecular formula is C13H17FN2. The Kier molecular flexibility index (Phi) is 1.94. The van der Waals surface area contributed by atoms with E-state index >= 15 is 0 Å². The van der Waals surface area contributed by atoms with Crippen LogP contribution in [0.1, 0.15) is 25.3 Å². The molecule has 0 aromatic heterocycles. The Bertz CT molecular complexity index is 440. The summed E-state index contributed by atoms with van der Waals surface area (Å²) in [7, 11) is 0. The molecule has 3 heteroatoms. The van der Waals surface area contributed by atoms with Gasteiger partial charge < -0.3 is 10.6 Å². The molecule has 1 aliphatic carbocycles. The minimum atomic E-state index is -0.136. The highest BCUT2D eigenvalue weighted by molar-refractivity contribution is 5.73. The Hall–Kier alpha value is -1.25. The molecule has 0 bridgehead atoms. The Morgan fingerprint density at radius 2 is 2.06 bits per heavy atom. The van der Waals surface area contributed by atoms with Crippen molar-refractivity contribution in [1.82, 2.24) is 0 Å². The van der Waals surface area contributed by atoms with Gasteiger partial charge in [0.2, 0.25) is 0 Å². The van der Waals surface area contributed by atoms with Crippen LogP contribution in [0.15, 0.2) is 12.1 Å². The van der Waals surface area contributed by atoms with Crippen LogP contribution in [-0.2, 0) is 0 Å². The van der Waals surface area contributed by atoms with Gasteiger partial charge in [-0.3, -0.25) is 0 Å². The quantitative estimate of drug-likeness (QED) is 0.759. The number of aryl methyl sites for hydroxylation is 1. The molecule has 3 rings (SSSR count). The molecule has 1 unspecified atom stereocenters. The van der Waals surface area contributed by atoms with Crippen LogP contribution < -0.4 is 10.6 Å². The molecule has 2 nitrogen and oxygen atoms in total. The average molecular weight is 220 g/mol. The second-order valence-corrected chi connectivity index (χ2v) is 5.32. The predicted molar refractivity (Wildman–Crippen MR) is 64.4 cm³/mol. The summed E-state index contributed by atoms with van der Waals surface area (Å²) in [4.78, 5) is 0. The molecule has 2 N–H and O–H groups in total. The standard InChI is InChI=1S/C13H17FN2/c1-8-5-12-11(6-10(8)14)15-7-13(2,16-12)9-3-4-9/h5-6,9,15-16H,3-4,7H2,1-2H3. The minimum Gasteiger partial charge on any atom is -0.381 e. The molecule has 1 saturated carbocycles. The molecule has 1 aromatic carbocycles. The SMILES string of the molecule is Cc1cc2c(cc1F)NCC(C)(C1CC1)N2. The highest BCUT2D eigenvalue weighted by Gasteiger charge is 2.43. The Morgan fingerprint density at radius 1 is 1.31 bits per heavy atom. The molecule has 1 fully saturated rings. The van der Waals surface area contributed by atoms with Gasteiger partial charge in [0, 0.05) is 6.54 Å². The van der Waals surface area contributed by atoms with Crippen molar-refractivity contribution in [3.63, 3.8) is 0 Å². The largest absolute Gasteiger partial charge is 0.381 e. The fourth-order valence-corrected chi connectivity index (χ4v) is 2.53. The lowest BCUT2D eigenvalue weighted by Gasteiger charge is -2.38. The van der Waals surface area contributed by atoms with Crippen molar-refractivity contribution < 1.29 is 4.39 Å². The third kappa shape index (κ3) is 1.46. The smallest absolute Gasteiger partial charge is 0.128 e. The number of hydrogen-bond donors (Lipinski definition) is 2. The normalized spacial score (nSPS) is 27.9. The summed E-state index contributed by atoms with van der Waals surface area (Å²) in [5.41, 5.74) is 2.77. The molecule has 1 heterocycles. The Morgan fingerprint density at radius 3 is 2.75 bits per heavy atom. The van der Waals surface area contributed by atoms with Crippen molar-refractivity contribution in [2.75, 3.05) is 17.2 Å².